The normalized spacial score (nSPS) is 33.7. The second-order valence-corrected chi connectivity index (χ2v) is 2.90. The predicted molar refractivity (Wildman–Crippen MR) is 39.6 cm³/mol. The van der Waals surface area contributed by atoms with Gasteiger partial charge in [0.05, 0.1) is 0 Å². The van der Waals surface area contributed by atoms with Crippen LogP contribution in [0.25, 0.3) is 0 Å². The van der Waals surface area contributed by atoms with Crippen LogP contribution in [0, 0.1) is 0 Å². The molecule has 10 heavy (non-hydrogen) atoms. The van der Waals surface area contributed by atoms with Gasteiger partial charge in [0.2, 0.25) is 0 Å². The Hall–Kier alpha value is -0.340. The van der Waals surface area contributed by atoms with Crippen LogP contribution in [0.3, 0.4) is 0 Å². The first kappa shape index (κ1) is 7.76. The van der Waals surface area contributed by atoms with Crippen molar-refractivity contribution in [2.24, 2.45) is 0 Å². The van der Waals surface area contributed by atoms with E-state index < -0.39 is 5.79 Å². The second-order valence-electron chi connectivity index (χ2n) is 2.90. The van der Waals surface area contributed by atoms with Crippen molar-refractivity contribution < 1.29 is 9.84 Å². The Balaban J connectivity index is 2.56. The molecule has 0 heterocycles. The predicted octanol–water partition coefficient (Wildman–Crippen LogP) is 1.45. The molecular weight excluding hydrogens is 128 g/mol. The summed E-state index contributed by atoms with van der Waals surface area (Å²) in [6.07, 6.45) is 4.35. The van der Waals surface area contributed by atoms with Gasteiger partial charge in [0, 0.05) is 20.0 Å². The van der Waals surface area contributed by atoms with Gasteiger partial charge in [0.15, 0.2) is 5.79 Å². The number of rotatable bonds is 1. The lowest BCUT2D eigenvalue weighted by Gasteiger charge is -2.28. The molecule has 0 aromatic rings. The highest BCUT2D eigenvalue weighted by molar-refractivity contribution is 5.05. The maximum absolute atomic E-state index is 9.53. The van der Waals surface area contributed by atoms with E-state index in [9.17, 15) is 5.11 Å². The Morgan fingerprint density at radius 1 is 1.70 bits per heavy atom. The van der Waals surface area contributed by atoms with Crippen molar-refractivity contribution >= 4 is 0 Å². The van der Waals surface area contributed by atoms with Crippen molar-refractivity contribution in [3.63, 3.8) is 0 Å². The number of ether oxygens (including phenoxy) is 1. The monoisotopic (exact) mass is 142 g/mol. The molecule has 0 aromatic carbocycles. The van der Waals surface area contributed by atoms with Gasteiger partial charge in [0.1, 0.15) is 0 Å². The zero-order chi connectivity index (χ0) is 7.61. The smallest absolute Gasteiger partial charge is 0.168 e. The quantitative estimate of drug-likeness (QED) is 0.443. The van der Waals surface area contributed by atoms with Crippen molar-refractivity contribution in [1.29, 1.82) is 0 Å². The maximum atomic E-state index is 9.53. The molecule has 1 rings (SSSR count). The van der Waals surface area contributed by atoms with Crippen LogP contribution in [0.2, 0.25) is 0 Å². The van der Waals surface area contributed by atoms with Crippen LogP contribution in [0.1, 0.15) is 26.2 Å². The molecule has 0 bridgehead atoms. The fraction of sp³-hybridized carbons (Fsp3) is 0.750. The van der Waals surface area contributed by atoms with Gasteiger partial charge in [-0.05, 0) is 13.3 Å². The second kappa shape index (κ2) is 2.72. The molecule has 2 heteroatoms. The number of allylic oxidation sites excluding steroid dienone is 1. The van der Waals surface area contributed by atoms with Crippen LogP contribution in [0.15, 0.2) is 11.6 Å². The molecule has 0 spiro atoms. The third kappa shape index (κ3) is 1.58. The van der Waals surface area contributed by atoms with E-state index >= 15 is 0 Å². The fourth-order valence-corrected chi connectivity index (χ4v) is 1.12. The topological polar surface area (TPSA) is 29.5 Å². The standard InChI is InChI=1S/C8H14O2/c1-7-3-5-8(9,10-2)6-4-7/h3,9H,4-6H2,1-2H3. The Morgan fingerprint density at radius 3 is 2.80 bits per heavy atom. The summed E-state index contributed by atoms with van der Waals surface area (Å²) in [5.41, 5.74) is 1.35. The van der Waals surface area contributed by atoms with Gasteiger partial charge < -0.3 is 9.84 Å². The van der Waals surface area contributed by atoms with E-state index in [1.165, 1.54) is 5.57 Å². The van der Waals surface area contributed by atoms with E-state index in [1.54, 1.807) is 7.11 Å². The summed E-state index contributed by atoms with van der Waals surface area (Å²) >= 11 is 0. The maximum Gasteiger partial charge on any atom is 0.168 e. The third-order valence-corrected chi connectivity index (χ3v) is 2.06. The van der Waals surface area contributed by atoms with Gasteiger partial charge in [-0.2, -0.15) is 0 Å². The molecule has 0 amide bonds. The summed E-state index contributed by atoms with van der Waals surface area (Å²) in [5, 5.41) is 9.53. The number of methoxy groups -OCH3 is 1. The van der Waals surface area contributed by atoms with Gasteiger partial charge >= 0.3 is 0 Å². The zero-order valence-corrected chi connectivity index (χ0v) is 6.55. The summed E-state index contributed by atoms with van der Waals surface area (Å²) < 4.78 is 4.94. The summed E-state index contributed by atoms with van der Waals surface area (Å²) in [4.78, 5) is 0. The molecule has 0 fully saturated rings. The lowest BCUT2D eigenvalue weighted by atomic mass is 9.95. The lowest BCUT2D eigenvalue weighted by molar-refractivity contribution is -0.188. The largest absolute Gasteiger partial charge is 0.365 e. The first-order valence-electron chi connectivity index (χ1n) is 3.59. The van der Waals surface area contributed by atoms with E-state index in [0.717, 1.165) is 12.8 Å². The minimum atomic E-state index is -0.875. The first-order chi connectivity index (χ1) is 4.66. The zero-order valence-electron chi connectivity index (χ0n) is 6.55. The van der Waals surface area contributed by atoms with Gasteiger partial charge in [0.25, 0.3) is 0 Å². The van der Waals surface area contributed by atoms with E-state index in [1.807, 2.05) is 6.08 Å². The average Bonchev–Trinajstić information content (AvgIpc) is 1.96. The van der Waals surface area contributed by atoms with Crippen molar-refractivity contribution in [2.75, 3.05) is 7.11 Å². The third-order valence-electron chi connectivity index (χ3n) is 2.06. The van der Waals surface area contributed by atoms with Crippen molar-refractivity contribution in [1.82, 2.24) is 0 Å². The highest BCUT2D eigenvalue weighted by atomic mass is 16.6. The summed E-state index contributed by atoms with van der Waals surface area (Å²) in [7, 11) is 1.55. The Morgan fingerprint density at radius 2 is 2.40 bits per heavy atom. The molecule has 1 atom stereocenters. The molecule has 0 saturated heterocycles. The molecule has 1 aliphatic carbocycles. The van der Waals surface area contributed by atoms with Crippen molar-refractivity contribution in [3.8, 4) is 0 Å². The van der Waals surface area contributed by atoms with Gasteiger partial charge in [-0.3, -0.25) is 0 Å². The van der Waals surface area contributed by atoms with Crippen LogP contribution in [-0.2, 0) is 4.74 Å². The summed E-state index contributed by atoms with van der Waals surface area (Å²) in [5.74, 6) is -0.875. The Bertz CT molecular complexity index is 151. The minimum absolute atomic E-state index is 0.634. The molecule has 1 aliphatic rings. The molecule has 0 radical (unpaired) electrons. The summed E-state index contributed by atoms with van der Waals surface area (Å²) in [6.45, 7) is 2.08. The molecular formula is C8H14O2. The Kier molecular flexibility index (Phi) is 2.11. The molecule has 0 aromatic heterocycles. The van der Waals surface area contributed by atoms with E-state index in [0.29, 0.717) is 6.42 Å². The molecule has 1 N–H and O–H groups in total. The van der Waals surface area contributed by atoms with Crippen LogP contribution in [0.5, 0.6) is 0 Å². The van der Waals surface area contributed by atoms with Crippen LogP contribution < -0.4 is 0 Å². The SMILES string of the molecule is COC1(O)CC=C(C)CC1. The van der Waals surface area contributed by atoms with Gasteiger partial charge in [-0.25, -0.2) is 0 Å². The molecule has 0 aliphatic heterocycles. The summed E-state index contributed by atoms with van der Waals surface area (Å²) in [6, 6.07) is 0. The average molecular weight is 142 g/mol. The minimum Gasteiger partial charge on any atom is -0.365 e. The number of hydrogen-bond donors (Lipinski definition) is 1. The molecule has 2 nitrogen and oxygen atoms in total. The first-order valence-corrected chi connectivity index (χ1v) is 3.59. The number of aliphatic hydroxyl groups is 1. The van der Waals surface area contributed by atoms with Gasteiger partial charge in [-0.15, -0.1) is 0 Å². The highest BCUT2D eigenvalue weighted by Gasteiger charge is 2.27. The molecule has 0 saturated carbocycles. The van der Waals surface area contributed by atoms with E-state index in [4.69, 9.17) is 4.74 Å². The number of hydrogen-bond acceptors (Lipinski definition) is 2. The van der Waals surface area contributed by atoms with E-state index in [-0.39, 0.29) is 0 Å². The van der Waals surface area contributed by atoms with E-state index in [2.05, 4.69) is 6.92 Å². The molecule has 58 valence electrons. The molecule has 1 unspecified atom stereocenters. The van der Waals surface area contributed by atoms with Crippen LogP contribution in [0.4, 0.5) is 0 Å². The lowest BCUT2D eigenvalue weighted by Crippen LogP contribution is -2.32. The fourth-order valence-electron chi connectivity index (χ4n) is 1.12. The van der Waals surface area contributed by atoms with Crippen LogP contribution >= 0.6 is 0 Å². The van der Waals surface area contributed by atoms with Crippen LogP contribution in [-0.4, -0.2) is 18.0 Å². The highest BCUT2D eigenvalue weighted by Crippen LogP contribution is 2.27. The Labute approximate surface area is 61.5 Å². The van der Waals surface area contributed by atoms with Crippen molar-refractivity contribution in [3.05, 3.63) is 11.6 Å². The van der Waals surface area contributed by atoms with Gasteiger partial charge in [-0.1, -0.05) is 11.6 Å². The van der Waals surface area contributed by atoms with Crippen molar-refractivity contribution in [2.45, 2.75) is 32.0 Å².